The molecule has 10 atom stereocenters. The van der Waals surface area contributed by atoms with Crippen LogP contribution < -0.4 is 0 Å². The summed E-state index contributed by atoms with van der Waals surface area (Å²) in [4.78, 5) is 28.0. The van der Waals surface area contributed by atoms with Gasteiger partial charge in [-0.05, 0) is 49.4 Å². The maximum atomic E-state index is 14.0. The van der Waals surface area contributed by atoms with E-state index in [2.05, 4.69) is 69.2 Å². The topological polar surface area (TPSA) is 80.3 Å². The number of hydrogen-bond donors (Lipinski definition) is 0. The highest BCUT2D eigenvalue weighted by Gasteiger charge is 2.46. The minimum Gasteiger partial charge on any atom is -0.463 e. The van der Waals surface area contributed by atoms with Gasteiger partial charge in [0.05, 0.1) is 24.0 Å². The van der Waals surface area contributed by atoms with Crippen LogP contribution >= 0.6 is 0 Å². The van der Waals surface area contributed by atoms with Gasteiger partial charge in [0.2, 0.25) is 0 Å². The van der Waals surface area contributed by atoms with Crippen LogP contribution in [0.3, 0.4) is 0 Å². The van der Waals surface area contributed by atoms with Crippen LogP contribution in [0.5, 0.6) is 0 Å². The molecule has 4 unspecified atom stereocenters. The van der Waals surface area contributed by atoms with E-state index in [0.717, 1.165) is 51.4 Å². The summed E-state index contributed by atoms with van der Waals surface area (Å²) in [6.07, 6.45) is 54.3. The minimum atomic E-state index is -0.484. The smallest absolute Gasteiger partial charge is 0.309 e. The molecule has 2 aliphatic rings. The zero-order valence-electron chi connectivity index (χ0n) is 53.3. The normalized spacial score (nSPS) is 23.8. The molecule has 0 aromatic carbocycles. The summed E-state index contributed by atoms with van der Waals surface area (Å²) in [5.74, 6) is 1.16. The molecule has 2 rings (SSSR count). The maximum Gasteiger partial charge on any atom is 0.309 e. The summed E-state index contributed by atoms with van der Waals surface area (Å²) in [6.45, 7) is 23.2. The van der Waals surface area contributed by atoms with Gasteiger partial charge in [-0.15, -0.1) is 0 Å². The SMILES string of the molecule is CCCCCCCCCCCCC(CCCCCCCCCCCC)C(=O)OCC1O[C@H](O[C@H]2OC(COC(=O)C(CCCCCCCCCCCC)CCCCCCCCCCCC)[C@@H](C)[C@H](C)C2C)C(C)[C@@H](C)[C@@H]1C. The molecule has 0 spiro atoms. The Kier molecular flexibility index (Phi) is 45.2. The molecule has 0 aliphatic carbocycles. The summed E-state index contributed by atoms with van der Waals surface area (Å²) in [5.41, 5.74) is 0. The van der Waals surface area contributed by atoms with Crippen LogP contribution in [0.2, 0.25) is 0 Å². The maximum absolute atomic E-state index is 14.0. The molecule has 2 heterocycles. The van der Waals surface area contributed by atoms with Gasteiger partial charge in [0.1, 0.15) is 13.2 Å². The molecule has 0 amide bonds. The van der Waals surface area contributed by atoms with Crippen molar-refractivity contribution in [1.29, 1.82) is 0 Å². The lowest BCUT2D eigenvalue weighted by atomic mass is 9.78. The quantitative estimate of drug-likeness (QED) is 0.0443. The van der Waals surface area contributed by atoms with Crippen molar-refractivity contribution >= 4 is 11.9 Å². The van der Waals surface area contributed by atoms with Gasteiger partial charge in [0, 0.05) is 11.8 Å². The van der Waals surface area contributed by atoms with E-state index < -0.39 is 12.6 Å². The second-order valence-corrected chi connectivity index (χ2v) is 25.9. The van der Waals surface area contributed by atoms with E-state index in [-0.39, 0.29) is 72.9 Å². The Balaban J connectivity index is 2.00. The monoisotopic (exact) mass is 1090 g/mol. The van der Waals surface area contributed by atoms with E-state index in [0.29, 0.717) is 11.8 Å². The van der Waals surface area contributed by atoms with Crippen molar-refractivity contribution in [2.75, 3.05) is 13.2 Å². The fourth-order valence-electron chi connectivity index (χ4n) is 12.6. The zero-order chi connectivity index (χ0) is 56.1. The van der Waals surface area contributed by atoms with Gasteiger partial charge >= 0.3 is 11.9 Å². The van der Waals surface area contributed by atoms with Gasteiger partial charge in [0.15, 0.2) is 12.6 Å². The average Bonchev–Trinajstić information content (AvgIpc) is 3.44. The van der Waals surface area contributed by atoms with E-state index in [1.165, 1.54) is 231 Å². The van der Waals surface area contributed by atoms with Crippen LogP contribution in [-0.2, 0) is 33.3 Å². The lowest BCUT2D eigenvalue weighted by molar-refractivity contribution is -0.344. The molecule has 0 aromatic heterocycles. The van der Waals surface area contributed by atoms with E-state index in [4.69, 9.17) is 23.7 Å². The van der Waals surface area contributed by atoms with Gasteiger partial charge in [-0.25, -0.2) is 0 Å². The number of esters is 2. The van der Waals surface area contributed by atoms with Crippen LogP contribution in [0.4, 0.5) is 0 Å². The average molecular weight is 1090 g/mol. The van der Waals surface area contributed by atoms with Gasteiger partial charge < -0.3 is 23.7 Å². The second-order valence-electron chi connectivity index (χ2n) is 25.9. The molecule has 77 heavy (non-hydrogen) atoms. The first-order chi connectivity index (χ1) is 37.5. The highest BCUT2D eigenvalue weighted by atomic mass is 16.8. The summed E-state index contributed by atoms with van der Waals surface area (Å²) in [5, 5.41) is 0. The second kappa shape index (κ2) is 48.4. The standard InChI is InChI=1S/C70H134O7/c1-11-15-19-23-27-31-35-39-43-47-51-63(52-48-44-40-36-32-28-24-20-16-12-2)67(71)73-55-65-59(7)57(5)61(9)69(75-65)77-70-62(10)58(6)60(8)66(76-70)56-74-68(72)64(53-49-45-41-37-33-29-25-21-17-13-3)54-50-46-42-38-34-30-26-22-18-14-4/h57-66,69-70H,11-56H2,1-10H3/t57-,58-,59-,60-,61?,62?,65?,66?,69+,70+/m0/s1. The molecule has 0 aromatic rings. The summed E-state index contributed by atoms with van der Waals surface area (Å²) in [6, 6.07) is 0. The highest BCUT2D eigenvalue weighted by Crippen LogP contribution is 2.41. The van der Waals surface area contributed by atoms with Crippen molar-refractivity contribution in [3.8, 4) is 0 Å². The molecule has 7 heteroatoms. The number of ether oxygens (including phenoxy) is 5. The zero-order valence-corrected chi connectivity index (χ0v) is 53.3. The van der Waals surface area contributed by atoms with Gasteiger partial charge in [0.25, 0.3) is 0 Å². The molecule has 0 radical (unpaired) electrons. The Labute approximate surface area is 480 Å². The number of unbranched alkanes of at least 4 members (excludes halogenated alkanes) is 36. The molecule has 0 saturated carbocycles. The number of hydrogen-bond acceptors (Lipinski definition) is 7. The van der Waals surface area contributed by atoms with Gasteiger partial charge in [-0.3, -0.25) is 9.59 Å². The first-order valence-corrected chi connectivity index (χ1v) is 34.8. The Morgan fingerprint density at radius 1 is 0.299 bits per heavy atom. The van der Waals surface area contributed by atoms with Crippen molar-refractivity contribution < 1.29 is 33.3 Å². The van der Waals surface area contributed by atoms with Crippen LogP contribution in [0.1, 0.15) is 352 Å². The largest absolute Gasteiger partial charge is 0.463 e. The predicted octanol–water partition coefficient (Wildman–Crippen LogP) is 21.8. The molecule has 2 aliphatic heterocycles. The van der Waals surface area contributed by atoms with Gasteiger partial charge in [-0.2, -0.15) is 0 Å². The van der Waals surface area contributed by atoms with E-state index in [1.54, 1.807) is 0 Å². The molecule has 7 nitrogen and oxygen atoms in total. The molecule has 2 fully saturated rings. The summed E-state index contributed by atoms with van der Waals surface area (Å²) >= 11 is 0. The Morgan fingerprint density at radius 2 is 0.506 bits per heavy atom. The van der Waals surface area contributed by atoms with Crippen molar-refractivity contribution in [1.82, 2.24) is 0 Å². The minimum absolute atomic E-state index is 0.0323. The van der Waals surface area contributed by atoms with Crippen LogP contribution in [0.25, 0.3) is 0 Å². The molecular formula is C70H134O7. The Bertz CT molecular complexity index is 1190. The van der Waals surface area contributed by atoms with Gasteiger partial charge in [-0.1, -0.05) is 326 Å². The van der Waals surface area contributed by atoms with Crippen molar-refractivity contribution in [2.45, 2.75) is 377 Å². The third-order valence-electron chi connectivity index (χ3n) is 19.3. The number of rotatable bonds is 52. The van der Waals surface area contributed by atoms with E-state index in [1.807, 2.05) is 0 Å². The first-order valence-electron chi connectivity index (χ1n) is 34.8. The molecule has 0 bridgehead atoms. The van der Waals surface area contributed by atoms with Crippen molar-refractivity contribution in [2.24, 2.45) is 47.3 Å². The number of carbonyl (C=O) groups is 2. The Hall–Kier alpha value is -1.18. The predicted molar refractivity (Wildman–Crippen MR) is 328 cm³/mol. The molecule has 2 saturated heterocycles. The third-order valence-corrected chi connectivity index (χ3v) is 19.3. The summed E-state index contributed by atoms with van der Waals surface area (Å²) in [7, 11) is 0. The highest BCUT2D eigenvalue weighted by molar-refractivity contribution is 5.72. The van der Waals surface area contributed by atoms with Crippen LogP contribution in [0.15, 0.2) is 0 Å². The fourth-order valence-corrected chi connectivity index (χ4v) is 12.6. The van der Waals surface area contributed by atoms with Crippen molar-refractivity contribution in [3.05, 3.63) is 0 Å². The van der Waals surface area contributed by atoms with E-state index in [9.17, 15) is 9.59 Å². The van der Waals surface area contributed by atoms with Crippen molar-refractivity contribution in [3.63, 3.8) is 0 Å². The van der Waals surface area contributed by atoms with E-state index >= 15 is 0 Å². The van der Waals surface area contributed by atoms with Crippen LogP contribution in [0, 0.1) is 47.3 Å². The summed E-state index contributed by atoms with van der Waals surface area (Å²) < 4.78 is 33.2. The molecule has 456 valence electrons. The lowest BCUT2D eigenvalue weighted by Crippen LogP contribution is -2.53. The fraction of sp³-hybridized carbons (Fsp3) is 0.971. The Morgan fingerprint density at radius 3 is 0.727 bits per heavy atom. The third kappa shape index (κ3) is 33.5. The van der Waals surface area contributed by atoms with Crippen LogP contribution in [-0.4, -0.2) is 49.9 Å². The molecule has 0 N–H and O–H groups in total. The molecular weight excluding hydrogens is 953 g/mol. The first kappa shape index (κ1) is 71.9. The number of carbonyl (C=O) groups excluding carboxylic acids is 2. The lowest BCUT2D eigenvalue weighted by Gasteiger charge is -2.48.